The van der Waals surface area contributed by atoms with Crippen molar-refractivity contribution in [2.24, 2.45) is 5.41 Å². The number of hydrogen-bond acceptors (Lipinski definition) is 2. The van der Waals surface area contributed by atoms with E-state index in [0.29, 0.717) is 12.2 Å². The van der Waals surface area contributed by atoms with Gasteiger partial charge in [0.25, 0.3) is 0 Å². The minimum Gasteiger partial charge on any atom is -0.426 e. The molecule has 0 fully saturated rings. The second kappa shape index (κ2) is 4.69. The lowest BCUT2D eigenvalue weighted by molar-refractivity contribution is -0.136. The fourth-order valence-electron chi connectivity index (χ4n) is 1.43. The molecule has 0 saturated heterocycles. The van der Waals surface area contributed by atoms with Gasteiger partial charge in [-0.05, 0) is 36.5 Å². The Morgan fingerprint density at radius 3 is 2.44 bits per heavy atom. The second-order valence-electron chi connectivity index (χ2n) is 5.41. The number of ether oxygens (including phenoxy) is 1. The minimum atomic E-state index is -0.166. The standard InChI is InChI=1S/C14H20O2/c1-10-7-6-8-12(11(10)2)16-13(15)9-14(3,4)5/h6-8H,9H2,1-5H3. The maximum absolute atomic E-state index is 11.7. The Bertz CT molecular complexity index is 386. The molecule has 1 rings (SSSR count). The average Bonchev–Trinajstić information content (AvgIpc) is 2.09. The van der Waals surface area contributed by atoms with Gasteiger partial charge in [0.05, 0.1) is 6.42 Å². The molecule has 0 saturated carbocycles. The van der Waals surface area contributed by atoms with Crippen molar-refractivity contribution in [2.45, 2.75) is 41.0 Å². The van der Waals surface area contributed by atoms with Crippen LogP contribution in [0.1, 0.15) is 38.3 Å². The SMILES string of the molecule is Cc1cccc(OC(=O)CC(C)(C)C)c1C. The van der Waals surface area contributed by atoms with E-state index in [1.807, 2.05) is 52.8 Å². The summed E-state index contributed by atoms with van der Waals surface area (Å²) in [6, 6.07) is 5.75. The van der Waals surface area contributed by atoms with Gasteiger partial charge in [0.15, 0.2) is 0 Å². The molecular weight excluding hydrogens is 200 g/mol. The van der Waals surface area contributed by atoms with Crippen LogP contribution in [0.3, 0.4) is 0 Å². The van der Waals surface area contributed by atoms with Gasteiger partial charge in [0.1, 0.15) is 5.75 Å². The third-order valence-electron chi connectivity index (χ3n) is 2.45. The van der Waals surface area contributed by atoms with Crippen LogP contribution in [0.5, 0.6) is 5.75 Å². The van der Waals surface area contributed by atoms with Crippen LogP contribution >= 0.6 is 0 Å². The van der Waals surface area contributed by atoms with Crippen LogP contribution in [-0.4, -0.2) is 5.97 Å². The van der Waals surface area contributed by atoms with Crippen molar-refractivity contribution in [3.05, 3.63) is 29.3 Å². The lowest BCUT2D eigenvalue weighted by atomic mass is 9.92. The Hall–Kier alpha value is -1.31. The van der Waals surface area contributed by atoms with E-state index in [9.17, 15) is 4.79 Å². The van der Waals surface area contributed by atoms with Crippen molar-refractivity contribution >= 4 is 5.97 Å². The number of rotatable bonds is 2. The molecule has 1 aromatic carbocycles. The molecule has 0 aliphatic rings. The zero-order valence-corrected chi connectivity index (χ0v) is 10.8. The Kier molecular flexibility index (Phi) is 3.74. The molecule has 0 aliphatic heterocycles. The van der Waals surface area contributed by atoms with E-state index < -0.39 is 0 Å². The number of aryl methyl sites for hydroxylation is 1. The first-order valence-electron chi connectivity index (χ1n) is 5.56. The number of benzene rings is 1. The Balaban J connectivity index is 2.74. The molecule has 0 heterocycles. The van der Waals surface area contributed by atoms with E-state index in [4.69, 9.17) is 4.74 Å². The maximum Gasteiger partial charge on any atom is 0.311 e. The van der Waals surface area contributed by atoms with E-state index in [1.54, 1.807) is 0 Å². The highest BCUT2D eigenvalue weighted by molar-refractivity contribution is 5.73. The number of carbonyl (C=O) groups is 1. The molecule has 1 aromatic rings. The molecule has 0 unspecified atom stereocenters. The summed E-state index contributed by atoms with van der Waals surface area (Å²) in [6.07, 6.45) is 0.431. The summed E-state index contributed by atoms with van der Waals surface area (Å²) in [6.45, 7) is 10.1. The van der Waals surface area contributed by atoms with Gasteiger partial charge in [0.2, 0.25) is 0 Å². The van der Waals surface area contributed by atoms with Gasteiger partial charge in [-0.3, -0.25) is 4.79 Å². The first kappa shape index (κ1) is 12.8. The van der Waals surface area contributed by atoms with Crippen molar-refractivity contribution in [3.63, 3.8) is 0 Å². The summed E-state index contributed by atoms with van der Waals surface area (Å²) in [5, 5.41) is 0. The van der Waals surface area contributed by atoms with Gasteiger partial charge in [-0.15, -0.1) is 0 Å². The van der Waals surface area contributed by atoms with Gasteiger partial charge in [-0.1, -0.05) is 32.9 Å². The maximum atomic E-state index is 11.7. The fourth-order valence-corrected chi connectivity index (χ4v) is 1.43. The Labute approximate surface area is 97.6 Å². The predicted molar refractivity (Wildman–Crippen MR) is 65.6 cm³/mol. The number of esters is 1. The van der Waals surface area contributed by atoms with Gasteiger partial charge >= 0.3 is 5.97 Å². The highest BCUT2D eigenvalue weighted by Crippen LogP contribution is 2.24. The summed E-state index contributed by atoms with van der Waals surface area (Å²) in [5.41, 5.74) is 2.14. The van der Waals surface area contributed by atoms with Crippen molar-refractivity contribution in [1.29, 1.82) is 0 Å². The van der Waals surface area contributed by atoms with Crippen molar-refractivity contribution in [2.75, 3.05) is 0 Å². The smallest absolute Gasteiger partial charge is 0.311 e. The summed E-state index contributed by atoms with van der Waals surface area (Å²) < 4.78 is 5.36. The van der Waals surface area contributed by atoms with Crippen LogP contribution in [0.2, 0.25) is 0 Å². The minimum absolute atomic E-state index is 0.0329. The first-order chi connectivity index (χ1) is 7.29. The quantitative estimate of drug-likeness (QED) is 0.562. The monoisotopic (exact) mass is 220 g/mol. The largest absolute Gasteiger partial charge is 0.426 e. The van der Waals surface area contributed by atoms with Crippen LogP contribution in [-0.2, 0) is 4.79 Å². The van der Waals surface area contributed by atoms with E-state index in [0.717, 1.165) is 11.1 Å². The average molecular weight is 220 g/mol. The normalized spacial score (nSPS) is 11.3. The summed E-state index contributed by atoms with van der Waals surface area (Å²) in [4.78, 5) is 11.7. The molecule has 0 amide bonds. The van der Waals surface area contributed by atoms with Crippen LogP contribution in [0.4, 0.5) is 0 Å². The Morgan fingerprint density at radius 1 is 1.25 bits per heavy atom. The van der Waals surface area contributed by atoms with Crippen molar-refractivity contribution in [1.82, 2.24) is 0 Å². The molecule has 0 atom stereocenters. The zero-order valence-electron chi connectivity index (χ0n) is 10.8. The van der Waals surface area contributed by atoms with Crippen LogP contribution in [0.15, 0.2) is 18.2 Å². The van der Waals surface area contributed by atoms with E-state index in [2.05, 4.69) is 0 Å². The molecule has 2 nitrogen and oxygen atoms in total. The zero-order chi connectivity index (χ0) is 12.3. The van der Waals surface area contributed by atoms with Gasteiger partial charge in [-0.2, -0.15) is 0 Å². The second-order valence-corrected chi connectivity index (χ2v) is 5.41. The molecule has 0 aliphatic carbocycles. The number of hydrogen-bond donors (Lipinski definition) is 0. The van der Waals surface area contributed by atoms with E-state index in [-0.39, 0.29) is 11.4 Å². The molecule has 0 spiro atoms. The molecule has 16 heavy (non-hydrogen) atoms. The molecular formula is C14H20O2. The highest BCUT2D eigenvalue weighted by Gasteiger charge is 2.18. The van der Waals surface area contributed by atoms with Crippen molar-refractivity contribution in [3.8, 4) is 5.75 Å². The highest BCUT2D eigenvalue weighted by atomic mass is 16.5. The summed E-state index contributed by atoms with van der Waals surface area (Å²) in [7, 11) is 0. The van der Waals surface area contributed by atoms with Crippen molar-refractivity contribution < 1.29 is 9.53 Å². The molecule has 0 bridgehead atoms. The van der Waals surface area contributed by atoms with E-state index >= 15 is 0 Å². The number of carbonyl (C=O) groups excluding carboxylic acids is 1. The molecule has 0 aromatic heterocycles. The van der Waals surface area contributed by atoms with Crippen LogP contribution in [0.25, 0.3) is 0 Å². The molecule has 0 N–H and O–H groups in total. The topological polar surface area (TPSA) is 26.3 Å². The van der Waals surface area contributed by atoms with Crippen LogP contribution < -0.4 is 4.74 Å². The summed E-state index contributed by atoms with van der Waals surface area (Å²) in [5.74, 6) is 0.510. The van der Waals surface area contributed by atoms with Gasteiger partial charge < -0.3 is 4.74 Å². The lowest BCUT2D eigenvalue weighted by Gasteiger charge is -2.17. The molecule has 0 radical (unpaired) electrons. The van der Waals surface area contributed by atoms with E-state index in [1.165, 1.54) is 0 Å². The van der Waals surface area contributed by atoms with Gasteiger partial charge in [0, 0.05) is 0 Å². The molecule has 2 heteroatoms. The van der Waals surface area contributed by atoms with Crippen LogP contribution in [0, 0.1) is 19.3 Å². The predicted octanol–water partition coefficient (Wildman–Crippen LogP) is 3.65. The molecule has 88 valence electrons. The third-order valence-corrected chi connectivity index (χ3v) is 2.45. The lowest BCUT2D eigenvalue weighted by Crippen LogP contribution is -2.18. The summed E-state index contributed by atoms with van der Waals surface area (Å²) >= 11 is 0. The third kappa shape index (κ3) is 3.69. The van der Waals surface area contributed by atoms with Gasteiger partial charge in [-0.25, -0.2) is 0 Å². The Morgan fingerprint density at radius 2 is 1.88 bits per heavy atom. The fraction of sp³-hybridized carbons (Fsp3) is 0.500. The first-order valence-corrected chi connectivity index (χ1v) is 5.56.